The number of nitro groups is 1. The lowest BCUT2D eigenvalue weighted by atomic mass is 10.2. The molecule has 68 valence electrons. The van der Waals surface area contributed by atoms with Gasteiger partial charge in [0.1, 0.15) is 4.99 Å². The van der Waals surface area contributed by atoms with Crippen molar-refractivity contribution in [3.63, 3.8) is 0 Å². The summed E-state index contributed by atoms with van der Waals surface area (Å²) >= 11 is 4.63. The maximum atomic E-state index is 10.4. The quantitative estimate of drug-likeness (QED) is 0.419. The number of thiocarbonyl (C=S) groups is 1. The Kier molecular flexibility index (Phi) is 2.43. The van der Waals surface area contributed by atoms with E-state index in [4.69, 9.17) is 10.8 Å². The third-order valence-electron chi connectivity index (χ3n) is 1.46. The Morgan fingerprint density at radius 3 is 2.69 bits per heavy atom. The molecule has 0 aliphatic rings. The van der Waals surface area contributed by atoms with Crippen LogP contribution in [-0.2, 0) is 0 Å². The van der Waals surface area contributed by atoms with Crippen molar-refractivity contribution in [3.8, 4) is 5.75 Å². The van der Waals surface area contributed by atoms with Gasteiger partial charge < -0.3 is 10.8 Å². The van der Waals surface area contributed by atoms with Crippen molar-refractivity contribution in [1.82, 2.24) is 0 Å². The van der Waals surface area contributed by atoms with Crippen LogP contribution in [0.15, 0.2) is 18.2 Å². The zero-order valence-electron chi connectivity index (χ0n) is 6.43. The number of nitro benzene ring substituents is 1. The van der Waals surface area contributed by atoms with Crippen LogP contribution >= 0.6 is 12.2 Å². The summed E-state index contributed by atoms with van der Waals surface area (Å²) in [7, 11) is 0. The predicted molar refractivity (Wildman–Crippen MR) is 50.6 cm³/mol. The summed E-state index contributed by atoms with van der Waals surface area (Å²) in [5.41, 5.74) is 5.22. The van der Waals surface area contributed by atoms with Gasteiger partial charge in [-0.05, 0) is 12.1 Å². The lowest BCUT2D eigenvalue weighted by molar-refractivity contribution is -0.385. The molecule has 0 fully saturated rings. The second-order valence-corrected chi connectivity index (χ2v) is 2.76. The van der Waals surface area contributed by atoms with Crippen molar-refractivity contribution in [3.05, 3.63) is 33.9 Å². The number of phenolic OH excluding ortho intramolecular Hbond substituents is 1. The lowest BCUT2D eigenvalue weighted by Gasteiger charge is -1.99. The fourth-order valence-corrected chi connectivity index (χ4v) is 0.950. The van der Waals surface area contributed by atoms with Crippen LogP contribution in [0.3, 0.4) is 0 Å². The highest BCUT2D eigenvalue weighted by Gasteiger charge is 2.13. The van der Waals surface area contributed by atoms with Crippen molar-refractivity contribution in [1.29, 1.82) is 0 Å². The van der Waals surface area contributed by atoms with Gasteiger partial charge in [-0.25, -0.2) is 0 Å². The van der Waals surface area contributed by atoms with Gasteiger partial charge in [0.15, 0.2) is 5.75 Å². The summed E-state index contributed by atoms with van der Waals surface area (Å²) < 4.78 is 0. The molecule has 5 nitrogen and oxygen atoms in total. The molecule has 1 rings (SSSR count). The molecule has 1 aromatic rings. The highest BCUT2D eigenvalue weighted by molar-refractivity contribution is 7.80. The number of hydrogen-bond acceptors (Lipinski definition) is 4. The van der Waals surface area contributed by atoms with Crippen LogP contribution in [0.25, 0.3) is 0 Å². The number of nitrogens with two attached hydrogens (primary N) is 1. The van der Waals surface area contributed by atoms with E-state index in [2.05, 4.69) is 12.2 Å². The summed E-state index contributed by atoms with van der Waals surface area (Å²) in [6.45, 7) is 0. The molecule has 6 heteroatoms. The average Bonchev–Trinajstić information content (AvgIpc) is 2.04. The molecular weight excluding hydrogens is 192 g/mol. The van der Waals surface area contributed by atoms with E-state index in [0.29, 0.717) is 5.56 Å². The predicted octanol–water partition coefficient (Wildman–Crippen LogP) is 0.935. The maximum Gasteiger partial charge on any atom is 0.311 e. The minimum atomic E-state index is -0.697. The largest absolute Gasteiger partial charge is 0.502 e. The fourth-order valence-electron chi connectivity index (χ4n) is 0.823. The zero-order valence-corrected chi connectivity index (χ0v) is 7.25. The maximum absolute atomic E-state index is 10.4. The monoisotopic (exact) mass is 198 g/mol. The number of nitrogens with zero attached hydrogens (tertiary/aromatic N) is 1. The van der Waals surface area contributed by atoms with Crippen molar-refractivity contribution >= 4 is 22.9 Å². The minimum absolute atomic E-state index is 0.0584. The van der Waals surface area contributed by atoms with E-state index in [1.54, 1.807) is 0 Å². The van der Waals surface area contributed by atoms with Gasteiger partial charge in [0.2, 0.25) is 0 Å². The van der Waals surface area contributed by atoms with Crippen molar-refractivity contribution in [2.45, 2.75) is 0 Å². The van der Waals surface area contributed by atoms with Crippen LogP contribution in [0.5, 0.6) is 5.75 Å². The molecule has 0 saturated heterocycles. The molecular formula is C7H6N2O3S. The number of benzene rings is 1. The third-order valence-corrected chi connectivity index (χ3v) is 1.69. The van der Waals surface area contributed by atoms with Crippen LogP contribution in [0, 0.1) is 10.1 Å². The molecule has 0 aliphatic heterocycles. The van der Waals surface area contributed by atoms with E-state index >= 15 is 0 Å². The van der Waals surface area contributed by atoms with E-state index in [-0.39, 0.29) is 4.99 Å². The molecule has 0 aromatic heterocycles. The SMILES string of the molecule is NC(=S)c1ccc(O)c([N+](=O)[O-])c1. The summed E-state index contributed by atoms with van der Waals surface area (Å²) in [6.07, 6.45) is 0. The van der Waals surface area contributed by atoms with Crippen LogP contribution in [0.1, 0.15) is 5.56 Å². The summed E-state index contributed by atoms with van der Waals surface area (Å²) in [4.78, 5) is 9.72. The lowest BCUT2D eigenvalue weighted by Crippen LogP contribution is -2.09. The van der Waals surface area contributed by atoms with Gasteiger partial charge in [-0.1, -0.05) is 12.2 Å². The Morgan fingerprint density at radius 1 is 1.62 bits per heavy atom. The van der Waals surface area contributed by atoms with Gasteiger partial charge in [-0.2, -0.15) is 0 Å². The Labute approximate surface area is 78.9 Å². The number of aromatic hydroxyl groups is 1. The molecule has 13 heavy (non-hydrogen) atoms. The second-order valence-electron chi connectivity index (χ2n) is 2.32. The molecule has 3 N–H and O–H groups in total. The van der Waals surface area contributed by atoms with Crippen molar-refractivity contribution < 1.29 is 10.0 Å². The first kappa shape index (κ1) is 9.40. The molecule has 0 radical (unpaired) electrons. The number of rotatable bonds is 2. The molecule has 0 atom stereocenters. The Morgan fingerprint density at radius 2 is 2.23 bits per heavy atom. The van der Waals surface area contributed by atoms with E-state index in [9.17, 15) is 10.1 Å². The second kappa shape index (κ2) is 3.36. The van der Waals surface area contributed by atoms with Crippen LogP contribution < -0.4 is 5.73 Å². The van der Waals surface area contributed by atoms with E-state index in [1.807, 2.05) is 0 Å². The van der Waals surface area contributed by atoms with Crippen LogP contribution in [-0.4, -0.2) is 15.0 Å². The standard InChI is InChI=1S/C7H6N2O3S/c8-7(13)4-1-2-6(10)5(3-4)9(11)12/h1-3,10H,(H2,8,13). The van der Waals surface area contributed by atoms with Crippen LogP contribution in [0.4, 0.5) is 5.69 Å². The minimum Gasteiger partial charge on any atom is -0.502 e. The van der Waals surface area contributed by atoms with Gasteiger partial charge in [-0.3, -0.25) is 10.1 Å². The Bertz CT molecular complexity index is 378. The highest BCUT2D eigenvalue weighted by Crippen LogP contribution is 2.25. The molecule has 0 saturated carbocycles. The number of hydrogen-bond donors (Lipinski definition) is 2. The van der Waals surface area contributed by atoms with E-state index in [1.165, 1.54) is 12.1 Å². The molecule has 0 aliphatic carbocycles. The smallest absolute Gasteiger partial charge is 0.311 e. The summed E-state index contributed by atoms with van der Waals surface area (Å²) in [5, 5.41) is 19.4. The third kappa shape index (κ3) is 1.91. The fraction of sp³-hybridized carbons (Fsp3) is 0. The molecule has 0 unspecified atom stereocenters. The zero-order chi connectivity index (χ0) is 10.0. The van der Waals surface area contributed by atoms with Crippen molar-refractivity contribution in [2.75, 3.05) is 0 Å². The van der Waals surface area contributed by atoms with E-state index < -0.39 is 16.4 Å². The van der Waals surface area contributed by atoms with Gasteiger partial charge in [-0.15, -0.1) is 0 Å². The average molecular weight is 198 g/mol. The Balaban J connectivity index is 3.27. The van der Waals surface area contributed by atoms with Gasteiger partial charge in [0.25, 0.3) is 0 Å². The first-order chi connectivity index (χ1) is 6.02. The van der Waals surface area contributed by atoms with Gasteiger partial charge in [0.05, 0.1) is 4.92 Å². The topological polar surface area (TPSA) is 89.4 Å². The number of phenols is 1. The van der Waals surface area contributed by atoms with E-state index in [0.717, 1.165) is 6.07 Å². The molecule has 0 heterocycles. The molecule has 0 amide bonds. The Hall–Kier alpha value is -1.69. The normalized spacial score (nSPS) is 9.54. The molecule has 0 bridgehead atoms. The first-order valence-electron chi connectivity index (χ1n) is 3.29. The van der Waals surface area contributed by atoms with Gasteiger partial charge in [0, 0.05) is 11.6 Å². The molecule has 1 aromatic carbocycles. The molecule has 0 spiro atoms. The highest BCUT2D eigenvalue weighted by atomic mass is 32.1. The van der Waals surface area contributed by atoms with Crippen molar-refractivity contribution in [2.24, 2.45) is 5.73 Å². The van der Waals surface area contributed by atoms with Crippen LogP contribution in [0.2, 0.25) is 0 Å². The summed E-state index contributed by atoms with van der Waals surface area (Å²) in [6, 6.07) is 3.74. The summed E-state index contributed by atoms with van der Waals surface area (Å²) in [5.74, 6) is -0.398. The van der Waals surface area contributed by atoms with Gasteiger partial charge >= 0.3 is 5.69 Å². The first-order valence-corrected chi connectivity index (χ1v) is 3.70.